The zero-order valence-corrected chi connectivity index (χ0v) is 15.5. The fraction of sp³-hybridized carbons (Fsp3) is 0.250. The molecule has 0 aliphatic rings. The van der Waals surface area contributed by atoms with E-state index < -0.39 is 12.6 Å². The predicted molar refractivity (Wildman–Crippen MR) is 101 cm³/mol. The number of carbonyl (C=O) groups excluding carboxylic acids is 2. The summed E-state index contributed by atoms with van der Waals surface area (Å²) in [4.78, 5) is 34.8. The molecule has 2 amide bonds. The van der Waals surface area contributed by atoms with E-state index in [2.05, 4.69) is 10.6 Å². The number of anilines is 1. The highest BCUT2D eigenvalue weighted by molar-refractivity contribution is 5.99. The molecule has 0 bridgehead atoms. The van der Waals surface area contributed by atoms with Gasteiger partial charge < -0.3 is 20.5 Å². The molecule has 0 aliphatic heterocycles. The minimum atomic E-state index is -1.07. The Labute approximate surface area is 157 Å². The lowest BCUT2D eigenvalue weighted by molar-refractivity contribution is -0.139. The molecule has 0 atom stereocenters. The minimum absolute atomic E-state index is 0.164. The maximum absolute atomic E-state index is 12.1. The maximum Gasteiger partial charge on any atom is 0.341 e. The van der Waals surface area contributed by atoms with E-state index in [0.29, 0.717) is 22.6 Å². The molecule has 0 saturated carbocycles. The summed E-state index contributed by atoms with van der Waals surface area (Å²) in [6.45, 7) is 5.05. The Bertz CT molecular complexity index is 877. The van der Waals surface area contributed by atoms with Crippen LogP contribution in [0.2, 0.25) is 0 Å². The molecule has 2 aromatic rings. The number of rotatable bonds is 7. The standard InChI is InChI=1S/C20H22N2O5/c1-12-4-5-15(8-13(12)2)20(26)21-10-18(23)22-17-7-6-16(9-14(17)3)27-11-19(24)25/h4-9H,10-11H2,1-3H3,(H,21,26)(H,22,23)(H,24,25). The first kappa shape index (κ1) is 20.0. The number of aliphatic carboxylic acids is 1. The third kappa shape index (κ3) is 5.85. The van der Waals surface area contributed by atoms with Crippen LogP contribution in [0, 0.1) is 20.8 Å². The Balaban J connectivity index is 1.90. The second-order valence-electron chi connectivity index (χ2n) is 6.19. The van der Waals surface area contributed by atoms with Crippen molar-refractivity contribution in [3.63, 3.8) is 0 Å². The average Bonchev–Trinajstić information content (AvgIpc) is 2.62. The third-order valence-electron chi connectivity index (χ3n) is 4.01. The van der Waals surface area contributed by atoms with Gasteiger partial charge in [0.05, 0.1) is 6.54 Å². The summed E-state index contributed by atoms with van der Waals surface area (Å²) in [5, 5.41) is 13.9. The Kier molecular flexibility index (Phi) is 6.54. The molecular weight excluding hydrogens is 348 g/mol. The summed E-state index contributed by atoms with van der Waals surface area (Å²) < 4.78 is 5.08. The van der Waals surface area contributed by atoms with Gasteiger partial charge in [0.25, 0.3) is 5.91 Å². The summed E-state index contributed by atoms with van der Waals surface area (Å²) in [6.07, 6.45) is 0. The van der Waals surface area contributed by atoms with Crippen LogP contribution in [0.5, 0.6) is 5.75 Å². The lowest BCUT2D eigenvalue weighted by Crippen LogP contribution is -2.33. The smallest absolute Gasteiger partial charge is 0.341 e. The van der Waals surface area contributed by atoms with E-state index in [1.54, 1.807) is 37.3 Å². The number of nitrogens with one attached hydrogen (secondary N) is 2. The van der Waals surface area contributed by atoms with Crippen molar-refractivity contribution in [1.82, 2.24) is 5.32 Å². The van der Waals surface area contributed by atoms with Crippen molar-refractivity contribution in [3.8, 4) is 5.75 Å². The fourth-order valence-electron chi connectivity index (χ4n) is 2.35. The first-order chi connectivity index (χ1) is 12.8. The summed E-state index contributed by atoms with van der Waals surface area (Å²) in [6, 6.07) is 10.2. The van der Waals surface area contributed by atoms with Gasteiger partial charge in [0.15, 0.2) is 6.61 Å². The molecule has 2 aromatic carbocycles. The van der Waals surface area contributed by atoms with Gasteiger partial charge in [-0.2, -0.15) is 0 Å². The molecule has 0 aliphatic carbocycles. The Hall–Kier alpha value is -3.35. The molecule has 0 radical (unpaired) electrons. The lowest BCUT2D eigenvalue weighted by Gasteiger charge is -2.11. The van der Waals surface area contributed by atoms with Crippen molar-refractivity contribution >= 4 is 23.5 Å². The highest BCUT2D eigenvalue weighted by Gasteiger charge is 2.10. The molecule has 0 unspecified atom stereocenters. The number of carbonyl (C=O) groups is 3. The van der Waals surface area contributed by atoms with Gasteiger partial charge in [-0.25, -0.2) is 4.79 Å². The Morgan fingerprint density at radius 3 is 2.33 bits per heavy atom. The molecule has 27 heavy (non-hydrogen) atoms. The van der Waals surface area contributed by atoms with Gasteiger partial charge in [-0.1, -0.05) is 6.07 Å². The quantitative estimate of drug-likeness (QED) is 0.694. The average molecular weight is 370 g/mol. The zero-order valence-electron chi connectivity index (χ0n) is 15.5. The van der Waals surface area contributed by atoms with E-state index in [9.17, 15) is 14.4 Å². The van der Waals surface area contributed by atoms with Crippen molar-refractivity contribution < 1.29 is 24.2 Å². The van der Waals surface area contributed by atoms with Crippen molar-refractivity contribution in [2.75, 3.05) is 18.5 Å². The predicted octanol–water partition coefficient (Wildman–Crippen LogP) is 2.44. The van der Waals surface area contributed by atoms with Gasteiger partial charge >= 0.3 is 5.97 Å². The van der Waals surface area contributed by atoms with Gasteiger partial charge in [-0.05, 0) is 67.8 Å². The van der Waals surface area contributed by atoms with Gasteiger partial charge in [0.1, 0.15) is 5.75 Å². The SMILES string of the molecule is Cc1ccc(C(=O)NCC(=O)Nc2ccc(OCC(=O)O)cc2C)cc1C. The molecule has 0 aromatic heterocycles. The van der Waals surface area contributed by atoms with Crippen LogP contribution in [0.15, 0.2) is 36.4 Å². The molecule has 0 heterocycles. The van der Waals surface area contributed by atoms with E-state index in [1.807, 2.05) is 19.9 Å². The number of aryl methyl sites for hydroxylation is 3. The van der Waals surface area contributed by atoms with Crippen molar-refractivity contribution in [2.24, 2.45) is 0 Å². The number of hydrogen-bond donors (Lipinski definition) is 3. The molecule has 0 spiro atoms. The van der Waals surface area contributed by atoms with Crippen LogP contribution >= 0.6 is 0 Å². The lowest BCUT2D eigenvalue weighted by atomic mass is 10.1. The van der Waals surface area contributed by atoms with Crippen LogP contribution in [-0.4, -0.2) is 36.0 Å². The normalized spacial score (nSPS) is 10.2. The monoisotopic (exact) mass is 370 g/mol. The number of ether oxygens (including phenoxy) is 1. The summed E-state index contributed by atoms with van der Waals surface area (Å²) in [5.41, 5.74) is 3.88. The van der Waals surface area contributed by atoms with Crippen molar-refractivity contribution in [2.45, 2.75) is 20.8 Å². The molecule has 142 valence electrons. The van der Waals surface area contributed by atoms with Gasteiger partial charge in [0.2, 0.25) is 5.91 Å². The third-order valence-corrected chi connectivity index (χ3v) is 4.01. The van der Waals surface area contributed by atoms with Crippen molar-refractivity contribution in [3.05, 3.63) is 58.7 Å². The second kappa shape index (κ2) is 8.84. The highest BCUT2D eigenvalue weighted by Crippen LogP contribution is 2.21. The largest absolute Gasteiger partial charge is 0.482 e. The molecule has 7 heteroatoms. The van der Waals surface area contributed by atoms with Gasteiger partial charge in [-0.15, -0.1) is 0 Å². The second-order valence-corrected chi connectivity index (χ2v) is 6.19. The number of benzene rings is 2. The molecule has 7 nitrogen and oxygen atoms in total. The van der Waals surface area contributed by atoms with Gasteiger partial charge in [-0.3, -0.25) is 9.59 Å². The van der Waals surface area contributed by atoms with Crippen LogP contribution in [0.3, 0.4) is 0 Å². The number of carboxylic acids is 1. The van der Waals surface area contributed by atoms with E-state index in [4.69, 9.17) is 9.84 Å². The fourth-order valence-corrected chi connectivity index (χ4v) is 2.35. The first-order valence-electron chi connectivity index (χ1n) is 8.37. The number of hydrogen-bond acceptors (Lipinski definition) is 4. The van der Waals surface area contributed by atoms with Gasteiger partial charge in [0, 0.05) is 11.3 Å². The van der Waals surface area contributed by atoms with Crippen molar-refractivity contribution in [1.29, 1.82) is 0 Å². The van der Waals surface area contributed by atoms with E-state index >= 15 is 0 Å². The van der Waals surface area contributed by atoms with Crippen LogP contribution in [0.25, 0.3) is 0 Å². The number of amides is 2. The molecule has 0 fully saturated rings. The van der Waals surface area contributed by atoms with E-state index in [-0.39, 0.29) is 18.4 Å². The topological polar surface area (TPSA) is 105 Å². The van der Waals surface area contributed by atoms with Crippen LogP contribution in [0.1, 0.15) is 27.0 Å². The van der Waals surface area contributed by atoms with Crippen LogP contribution in [0.4, 0.5) is 5.69 Å². The summed E-state index contributed by atoms with van der Waals surface area (Å²) in [5.74, 6) is -1.35. The van der Waals surface area contributed by atoms with E-state index in [0.717, 1.165) is 11.1 Å². The van der Waals surface area contributed by atoms with E-state index in [1.165, 1.54) is 0 Å². The van der Waals surface area contributed by atoms with Crippen LogP contribution in [-0.2, 0) is 9.59 Å². The Morgan fingerprint density at radius 2 is 1.70 bits per heavy atom. The molecule has 0 saturated heterocycles. The minimum Gasteiger partial charge on any atom is -0.482 e. The summed E-state index contributed by atoms with van der Waals surface area (Å²) >= 11 is 0. The first-order valence-corrected chi connectivity index (χ1v) is 8.37. The molecule has 2 rings (SSSR count). The maximum atomic E-state index is 12.1. The summed E-state index contributed by atoms with van der Waals surface area (Å²) in [7, 11) is 0. The molecule has 3 N–H and O–H groups in total. The highest BCUT2D eigenvalue weighted by atomic mass is 16.5. The molecular formula is C20H22N2O5. The number of carboxylic acid groups (broad SMARTS) is 1. The zero-order chi connectivity index (χ0) is 20.0. The van der Waals surface area contributed by atoms with Crippen LogP contribution < -0.4 is 15.4 Å². The Morgan fingerprint density at radius 1 is 0.963 bits per heavy atom.